The van der Waals surface area contributed by atoms with Crippen molar-refractivity contribution in [3.8, 4) is 0 Å². The van der Waals surface area contributed by atoms with Crippen molar-refractivity contribution in [3.05, 3.63) is 53.9 Å². The molecule has 96 valence electrons. The van der Waals surface area contributed by atoms with Gasteiger partial charge in [-0.25, -0.2) is 13.8 Å². The summed E-state index contributed by atoms with van der Waals surface area (Å²) in [6, 6.07) is 5.65. The predicted molar refractivity (Wildman–Crippen MR) is 67.4 cm³/mol. The van der Waals surface area contributed by atoms with Gasteiger partial charge in [0.2, 0.25) is 5.95 Å². The molecule has 0 bridgehead atoms. The van der Waals surface area contributed by atoms with Gasteiger partial charge < -0.3 is 10.3 Å². The molecule has 19 heavy (non-hydrogen) atoms. The number of imidazole rings is 1. The number of nitrogen functional groups attached to an aromatic ring is 1. The molecule has 0 aliphatic carbocycles. The van der Waals surface area contributed by atoms with E-state index in [4.69, 9.17) is 5.73 Å². The zero-order valence-electron chi connectivity index (χ0n) is 9.85. The van der Waals surface area contributed by atoms with Crippen LogP contribution in [0.4, 0.5) is 14.7 Å². The minimum atomic E-state index is -0.716. The fraction of sp³-hybridized carbons (Fsp3) is 0.0769. The number of rotatable bonds is 2. The van der Waals surface area contributed by atoms with Gasteiger partial charge in [0.05, 0.1) is 12.1 Å². The van der Waals surface area contributed by atoms with Crippen LogP contribution in [0.5, 0.6) is 0 Å². The van der Waals surface area contributed by atoms with Gasteiger partial charge in [-0.05, 0) is 11.6 Å². The standard InChI is InChI=1S/C13H10F2N4/c14-9-4-10(15)12-11(5-9)19(13(16)18-12)7-8-2-1-3-17-6-8/h1-6H,7H2,(H2,16,18). The fourth-order valence-electron chi connectivity index (χ4n) is 2.01. The molecule has 3 aromatic rings. The maximum Gasteiger partial charge on any atom is 0.201 e. The van der Waals surface area contributed by atoms with Crippen molar-refractivity contribution in [2.45, 2.75) is 6.54 Å². The van der Waals surface area contributed by atoms with Crippen molar-refractivity contribution >= 4 is 17.0 Å². The molecule has 0 spiro atoms. The summed E-state index contributed by atoms with van der Waals surface area (Å²) in [5, 5.41) is 0. The summed E-state index contributed by atoms with van der Waals surface area (Å²) in [7, 11) is 0. The first-order valence-corrected chi connectivity index (χ1v) is 5.65. The third-order valence-corrected chi connectivity index (χ3v) is 2.87. The van der Waals surface area contributed by atoms with E-state index in [2.05, 4.69) is 9.97 Å². The lowest BCUT2D eigenvalue weighted by molar-refractivity contribution is 0.590. The lowest BCUT2D eigenvalue weighted by Gasteiger charge is -2.06. The molecular weight excluding hydrogens is 250 g/mol. The normalized spacial score (nSPS) is 11.1. The molecule has 4 nitrogen and oxygen atoms in total. The molecule has 0 unspecified atom stereocenters. The second kappa shape index (κ2) is 4.31. The van der Waals surface area contributed by atoms with Gasteiger partial charge in [0, 0.05) is 24.5 Å². The number of fused-ring (bicyclic) bond motifs is 1. The molecule has 0 radical (unpaired) electrons. The summed E-state index contributed by atoms with van der Waals surface area (Å²) in [4.78, 5) is 7.92. The average molecular weight is 260 g/mol. The van der Waals surface area contributed by atoms with Crippen LogP contribution in [0.25, 0.3) is 11.0 Å². The van der Waals surface area contributed by atoms with Gasteiger partial charge >= 0.3 is 0 Å². The monoisotopic (exact) mass is 260 g/mol. The SMILES string of the molecule is Nc1nc2c(F)cc(F)cc2n1Cc1cccnc1. The van der Waals surface area contributed by atoms with Gasteiger partial charge in [-0.15, -0.1) is 0 Å². The van der Waals surface area contributed by atoms with E-state index in [1.165, 1.54) is 6.07 Å². The molecule has 0 saturated heterocycles. The molecule has 3 rings (SSSR count). The Morgan fingerprint density at radius 3 is 2.84 bits per heavy atom. The van der Waals surface area contributed by atoms with E-state index < -0.39 is 11.6 Å². The number of nitrogens with two attached hydrogens (primary N) is 1. The first-order chi connectivity index (χ1) is 9.15. The van der Waals surface area contributed by atoms with Crippen LogP contribution in [0.2, 0.25) is 0 Å². The molecule has 0 aliphatic heterocycles. The lowest BCUT2D eigenvalue weighted by atomic mass is 10.2. The van der Waals surface area contributed by atoms with Gasteiger partial charge in [0.1, 0.15) is 11.3 Å². The molecule has 2 heterocycles. The molecule has 0 fully saturated rings. The summed E-state index contributed by atoms with van der Waals surface area (Å²) >= 11 is 0. The molecule has 0 atom stereocenters. The van der Waals surface area contributed by atoms with Gasteiger partial charge in [0.25, 0.3) is 0 Å². The second-order valence-electron chi connectivity index (χ2n) is 4.17. The zero-order chi connectivity index (χ0) is 13.4. The summed E-state index contributed by atoms with van der Waals surface area (Å²) in [6.45, 7) is 0.360. The topological polar surface area (TPSA) is 56.7 Å². The number of hydrogen-bond acceptors (Lipinski definition) is 3. The highest BCUT2D eigenvalue weighted by molar-refractivity contribution is 5.79. The van der Waals surface area contributed by atoms with E-state index in [1.54, 1.807) is 23.0 Å². The van der Waals surface area contributed by atoms with Crippen LogP contribution >= 0.6 is 0 Å². The Labute approximate surface area is 107 Å². The van der Waals surface area contributed by atoms with Crippen LogP contribution in [-0.2, 0) is 6.54 Å². The molecule has 2 aromatic heterocycles. The Bertz CT molecular complexity index is 737. The Morgan fingerprint density at radius 2 is 2.11 bits per heavy atom. The third kappa shape index (κ3) is 2.01. The largest absolute Gasteiger partial charge is 0.369 e. The first-order valence-electron chi connectivity index (χ1n) is 5.65. The molecule has 2 N–H and O–H groups in total. The highest BCUT2D eigenvalue weighted by Crippen LogP contribution is 2.23. The molecule has 1 aromatic carbocycles. The van der Waals surface area contributed by atoms with Gasteiger partial charge in [-0.1, -0.05) is 6.07 Å². The minimum absolute atomic E-state index is 0.0720. The van der Waals surface area contributed by atoms with Gasteiger partial charge in [-0.3, -0.25) is 4.98 Å². The number of benzene rings is 1. The highest BCUT2D eigenvalue weighted by atomic mass is 19.1. The number of pyridine rings is 1. The number of nitrogens with zero attached hydrogens (tertiary/aromatic N) is 3. The fourth-order valence-corrected chi connectivity index (χ4v) is 2.01. The zero-order valence-corrected chi connectivity index (χ0v) is 9.85. The summed E-state index contributed by atoms with van der Waals surface area (Å²) in [5.74, 6) is -1.23. The Hall–Kier alpha value is -2.50. The highest BCUT2D eigenvalue weighted by Gasteiger charge is 2.14. The number of aromatic nitrogens is 3. The smallest absolute Gasteiger partial charge is 0.201 e. The van der Waals surface area contributed by atoms with Crippen molar-refractivity contribution < 1.29 is 8.78 Å². The molecule has 0 saturated carbocycles. The number of anilines is 1. The Kier molecular flexibility index (Phi) is 2.63. The Balaban J connectivity index is 2.15. The molecule has 0 amide bonds. The van der Waals surface area contributed by atoms with Crippen LogP contribution in [0.3, 0.4) is 0 Å². The molecule has 6 heteroatoms. The Morgan fingerprint density at radius 1 is 1.26 bits per heavy atom. The van der Waals surface area contributed by atoms with E-state index in [1.807, 2.05) is 6.07 Å². The summed E-state index contributed by atoms with van der Waals surface area (Å²) < 4.78 is 28.4. The van der Waals surface area contributed by atoms with Crippen LogP contribution in [0.1, 0.15) is 5.56 Å². The second-order valence-corrected chi connectivity index (χ2v) is 4.17. The van der Waals surface area contributed by atoms with Crippen LogP contribution in [0.15, 0.2) is 36.7 Å². The van der Waals surface area contributed by atoms with Crippen LogP contribution in [0, 0.1) is 11.6 Å². The summed E-state index contributed by atoms with van der Waals surface area (Å²) in [5.41, 5.74) is 7.04. The van der Waals surface area contributed by atoms with Crippen molar-refractivity contribution in [1.82, 2.24) is 14.5 Å². The molecular formula is C13H10F2N4. The van der Waals surface area contributed by atoms with E-state index in [0.717, 1.165) is 11.6 Å². The third-order valence-electron chi connectivity index (χ3n) is 2.87. The molecule has 0 aliphatic rings. The lowest BCUT2D eigenvalue weighted by Crippen LogP contribution is -2.04. The van der Waals surface area contributed by atoms with E-state index in [9.17, 15) is 8.78 Å². The maximum absolute atomic E-state index is 13.6. The predicted octanol–water partition coefficient (Wildman–Crippen LogP) is 2.34. The first kappa shape index (κ1) is 11.6. The number of halogens is 2. The van der Waals surface area contributed by atoms with Crippen LogP contribution < -0.4 is 5.73 Å². The minimum Gasteiger partial charge on any atom is -0.369 e. The van der Waals surface area contributed by atoms with Crippen molar-refractivity contribution in [2.75, 3.05) is 5.73 Å². The van der Waals surface area contributed by atoms with E-state index >= 15 is 0 Å². The van der Waals surface area contributed by atoms with Crippen molar-refractivity contribution in [3.63, 3.8) is 0 Å². The quantitative estimate of drug-likeness (QED) is 0.769. The van der Waals surface area contributed by atoms with Crippen LogP contribution in [-0.4, -0.2) is 14.5 Å². The maximum atomic E-state index is 13.6. The van der Waals surface area contributed by atoms with Crippen molar-refractivity contribution in [1.29, 1.82) is 0 Å². The van der Waals surface area contributed by atoms with Gasteiger partial charge in [0.15, 0.2) is 5.82 Å². The van der Waals surface area contributed by atoms with E-state index in [0.29, 0.717) is 12.1 Å². The number of hydrogen-bond donors (Lipinski definition) is 1. The van der Waals surface area contributed by atoms with Crippen molar-refractivity contribution in [2.24, 2.45) is 0 Å². The summed E-state index contributed by atoms with van der Waals surface area (Å²) in [6.07, 6.45) is 3.32. The average Bonchev–Trinajstić information content (AvgIpc) is 2.69. The van der Waals surface area contributed by atoms with Gasteiger partial charge in [-0.2, -0.15) is 0 Å². The van der Waals surface area contributed by atoms with E-state index in [-0.39, 0.29) is 11.5 Å².